The topological polar surface area (TPSA) is 328 Å². The summed E-state index contributed by atoms with van der Waals surface area (Å²) in [5.74, 6) is -3.12. The predicted molar refractivity (Wildman–Crippen MR) is 201 cm³/mol. The number of rotatable bonds is 38. The first-order chi connectivity index (χ1) is 26.0. The van der Waals surface area contributed by atoms with E-state index in [-0.39, 0.29) is 75.2 Å². The maximum absolute atomic E-state index is 12.0. The first kappa shape index (κ1) is 49.9. The van der Waals surface area contributed by atoms with Crippen molar-refractivity contribution in [3.63, 3.8) is 0 Å². The zero-order valence-corrected chi connectivity index (χ0v) is 31.4. The number of carboxylic acids is 2. The van der Waals surface area contributed by atoms with Gasteiger partial charge in [0.1, 0.15) is 6.04 Å². The Morgan fingerprint density at radius 3 is 0.981 bits per heavy atom. The molecule has 0 aliphatic rings. The SMILES string of the molecule is CNC(=O)CC(NCCNCCNCC(=O)NCCNC(=O)CNCCNCCNCC(=O)NCCNC(=O)CNCCNCCNCC(=O)O)C(=O)O. The van der Waals surface area contributed by atoms with Crippen LogP contribution in [-0.2, 0) is 33.6 Å². The Morgan fingerprint density at radius 1 is 0.389 bits per heavy atom. The van der Waals surface area contributed by atoms with Crippen LogP contribution in [-0.4, -0.2) is 202 Å². The van der Waals surface area contributed by atoms with Gasteiger partial charge in [0.15, 0.2) is 0 Å². The summed E-state index contributed by atoms with van der Waals surface area (Å²) >= 11 is 0. The lowest BCUT2D eigenvalue weighted by molar-refractivity contribution is -0.141. The molecule has 5 amide bonds. The lowest BCUT2D eigenvalue weighted by Crippen LogP contribution is -2.44. The van der Waals surface area contributed by atoms with Crippen LogP contribution in [0.5, 0.6) is 0 Å². The highest BCUT2D eigenvalue weighted by atomic mass is 16.4. The average Bonchev–Trinajstić information content (AvgIpc) is 3.13. The molecule has 0 fully saturated rings. The fraction of sp³-hybridized carbons (Fsp3) is 0.774. The van der Waals surface area contributed by atoms with E-state index in [1.165, 1.54) is 7.05 Å². The van der Waals surface area contributed by atoms with Crippen molar-refractivity contribution < 1.29 is 43.8 Å². The van der Waals surface area contributed by atoms with Gasteiger partial charge < -0.3 is 84.6 Å². The van der Waals surface area contributed by atoms with Crippen LogP contribution in [0.3, 0.4) is 0 Å². The molecule has 0 rings (SSSR count). The van der Waals surface area contributed by atoms with E-state index < -0.39 is 18.0 Å². The normalized spacial score (nSPS) is 11.4. The van der Waals surface area contributed by atoms with Gasteiger partial charge in [0.25, 0.3) is 0 Å². The van der Waals surface area contributed by atoms with Gasteiger partial charge in [-0.25, -0.2) is 0 Å². The number of aliphatic carboxylic acids is 2. The molecule has 0 saturated heterocycles. The van der Waals surface area contributed by atoms with Gasteiger partial charge in [-0.2, -0.15) is 0 Å². The van der Waals surface area contributed by atoms with Crippen LogP contribution in [0.25, 0.3) is 0 Å². The fourth-order valence-corrected chi connectivity index (χ4v) is 4.19. The molecule has 0 saturated carbocycles. The van der Waals surface area contributed by atoms with Crippen molar-refractivity contribution in [2.24, 2.45) is 0 Å². The van der Waals surface area contributed by atoms with Crippen molar-refractivity contribution in [3.8, 4) is 0 Å². The fourth-order valence-electron chi connectivity index (χ4n) is 4.19. The second-order valence-corrected chi connectivity index (χ2v) is 11.6. The Kier molecular flexibility index (Phi) is 33.2. The van der Waals surface area contributed by atoms with Gasteiger partial charge in [-0.3, -0.25) is 33.6 Å². The van der Waals surface area contributed by atoms with Crippen molar-refractivity contribution in [1.82, 2.24) is 74.4 Å². The molecule has 0 aromatic carbocycles. The van der Waals surface area contributed by atoms with Crippen LogP contribution in [0, 0.1) is 0 Å². The molecule has 16 N–H and O–H groups in total. The number of amides is 5. The smallest absolute Gasteiger partial charge is 0.321 e. The molecule has 0 aliphatic carbocycles. The van der Waals surface area contributed by atoms with E-state index in [1.807, 2.05) is 0 Å². The molecule has 312 valence electrons. The third-order valence-corrected chi connectivity index (χ3v) is 7.01. The van der Waals surface area contributed by atoms with Crippen LogP contribution in [0.2, 0.25) is 0 Å². The molecule has 0 heterocycles. The second kappa shape index (κ2) is 35.9. The summed E-state index contributed by atoms with van der Waals surface area (Å²) in [5.41, 5.74) is 0. The molecule has 23 nitrogen and oxygen atoms in total. The molecule has 0 radical (unpaired) electrons. The Morgan fingerprint density at radius 2 is 0.685 bits per heavy atom. The molecule has 0 aromatic rings. The van der Waals surface area contributed by atoms with Gasteiger partial charge in [-0.15, -0.1) is 0 Å². The van der Waals surface area contributed by atoms with Crippen LogP contribution >= 0.6 is 0 Å². The van der Waals surface area contributed by atoms with E-state index in [0.717, 1.165) is 0 Å². The summed E-state index contributed by atoms with van der Waals surface area (Å²) in [6.45, 7) is 8.35. The second-order valence-electron chi connectivity index (χ2n) is 11.6. The molecule has 0 aliphatic heterocycles. The maximum Gasteiger partial charge on any atom is 0.321 e. The Balaban J connectivity index is 3.50. The van der Waals surface area contributed by atoms with E-state index in [0.29, 0.717) is 98.2 Å². The molecule has 0 aromatic heterocycles. The van der Waals surface area contributed by atoms with Crippen LogP contribution in [0.1, 0.15) is 6.42 Å². The summed E-state index contributed by atoms with van der Waals surface area (Å²) in [5, 5.41) is 57.9. The lowest BCUT2D eigenvalue weighted by Gasteiger charge is -2.14. The lowest BCUT2D eigenvalue weighted by atomic mass is 10.2. The number of hydrogen-bond donors (Lipinski definition) is 16. The molecule has 23 heteroatoms. The van der Waals surface area contributed by atoms with Crippen LogP contribution in [0.15, 0.2) is 0 Å². The molecular formula is C31H64N14O9. The highest BCUT2D eigenvalue weighted by Gasteiger charge is 2.19. The summed E-state index contributed by atoms with van der Waals surface area (Å²) in [6.07, 6.45) is -0.150. The van der Waals surface area contributed by atoms with Crippen molar-refractivity contribution in [3.05, 3.63) is 0 Å². The molecule has 0 bridgehead atoms. The van der Waals surface area contributed by atoms with Crippen molar-refractivity contribution >= 4 is 41.5 Å². The standard InChI is InChI=1S/C31H64N14O9/c1-32-25(46)18-24(31(53)54)41-13-12-35-5-10-39-22-29(50)45-17-16-43-27(48)20-37-8-3-33-2-7-36-19-26(47)42-14-15-44-28(49)21-38-9-4-34-6-11-40-23-30(51)52/h24,33-41H,2-23H2,1H3,(H,32,46)(H,42,47)(H,43,48)(H,44,49)(H,45,50)(H,51,52)(H,53,54). The van der Waals surface area contributed by atoms with E-state index >= 15 is 0 Å². The zero-order valence-electron chi connectivity index (χ0n) is 31.4. The van der Waals surface area contributed by atoms with Gasteiger partial charge in [-0.05, 0) is 0 Å². The highest BCUT2D eigenvalue weighted by molar-refractivity contribution is 5.84. The Labute approximate surface area is 316 Å². The highest BCUT2D eigenvalue weighted by Crippen LogP contribution is 1.91. The van der Waals surface area contributed by atoms with Gasteiger partial charge in [0.2, 0.25) is 29.5 Å². The molecule has 54 heavy (non-hydrogen) atoms. The minimum atomic E-state index is -1.09. The number of nitrogens with one attached hydrogen (secondary N) is 14. The van der Waals surface area contributed by atoms with Gasteiger partial charge in [0.05, 0.1) is 39.1 Å². The van der Waals surface area contributed by atoms with E-state index in [2.05, 4.69) is 74.4 Å². The maximum atomic E-state index is 12.0. The predicted octanol–water partition coefficient (Wildman–Crippen LogP) is -8.57. The van der Waals surface area contributed by atoms with Gasteiger partial charge >= 0.3 is 11.9 Å². The van der Waals surface area contributed by atoms with Crippen LogP contribution < -0.4 is 74.4 Å². The Hall–Kier alpha value is -4.07. The van der Waals surface area contributed by atoms with Gasteiger partial charge in [-0.1, -0.05) is 0 Å². The Bertz CT molecular complexity index is 1070. The molecule has 1 atom stereocenters. The molecule has 0 spiro atoms. The minimum Gasteiger partial charge on any atom is -0.480 e. The van der Waals surface area contributed by atoms with Crippen LogP contribution in [0.4, 0.5) is 0 Å². The van der Waals surface area contributed by atoms with Crippen molar-refractivity contribution in [2.75, 3.05) is 144 Å². The average molecular weight is 777 g/mol. The first-order valence-corrected chi connectivity index (χ1v) is 18.2. The summed E-state index contributed by atoms with van der Waals surface area (Å²) in [6, 6.07) is -0.958. The number of carboxylic acid groups (broad SMARTS) is 2. The summed E-state index contributed by atoms with van der Waals surface area (Å²) < 4.78 is 0. The zero-order chi connectivity index (χ0) is 40.1. The number of hydrogen-bond acceptors (Lipinski definition) is 16. The largest absolute Gasteiger partial charge is 0.480 e. The summed E-state index contributed by atoms with van der Waals surface area (Å²) in [4.78, 5) is 80.5. The first-order valence-electron chi connectivity index (χ1n) is 18.2. The van der Waals surface area contributed by atoms with E-state index in [1.54, 1.807) is 0 Å². The number of carbonyl (C=O) groups is 7. The third-order valence-electron chi connectivity index (χ3n) is 7.01. The van der Waals surface area contributed by atoms with Crippen molar-refractivity contribution in [1.29, 1.82) is 0 Å². The minimum absolute atomic E-state index is 0.0784. The third kappa shape index (κ3) is 35.0. The molecular weight excluding hydrogens is 712 g/mol. The quantitative estimate of drug-likeness (QED) is 0.0259. The monoisotopic (exact) mass is 776 g/mol. The number of carbonyl (C=O) groups excluding carboxylic acids is 5. The van der Waals surface area contributed by atoms with Crippen molar-refractivity contribution in [2.45, 2.75) is 12.5 Å². The molecule has 1 unspecified atom stereocenters. The van der Waals surface area contributed by atoms with E-state index in [9.17, 15) is 33.6 Å². The van der Waals surface area contributed by atoms with Gasteiger partial charge in [0, 0.05) is 112 Å². The summed E-state index contributed by atoms with van der Waals surface area (Å²) in [7, 11) is 1.45. The van der Waals surface area contributed by atoms with E-state index in [4.69, 9.17) is 10.2 Å².